The average Bonchev–Trinajstić information content (AvgIpc) is 2.98. The molecule has 2 aromatic rings. The first-order valence-corrected chi connectivity index (χ1v) is 9.36. The Morgan fingerprint density at radius 1 is 1.21 bits per heavy atom. The van der Waals surface area contributed by atoms with Gasteiger partial charge in [0.25, 0.3) is 11.8 Å². The number of carbonyl (C=O) groups is 2. The number of likely N-dealkylation sites (tertiary alicyclic amines) is 1. The van der Waals surface area contributed by atoms with E-state index in [2.05, 4.69) is 14.9 Å². The lowest BCUT2D eigenvalue weighted by molar-refractivity contribution is -0.148. The van der Waals surface area contributed by atoms with Crippen LogP contribution in [0.25, 0.3) is 0 Å². The smallest absolute Gasteiger partial charge is 0.268 e. The highest BCUT2D eigenvalue weighted by Gasteiger charge is 2.48. The van der Waals surface area contributed by atoms with Gasteiger partial charge in [0, 0.05) is 24.7 Å². The topological polar surface area (TPSA) is 124 Å². The molecular formula is C19H20ClN5O3. The standard InChI is InChI=1S/C19H20ClN5O3/c20-11-1-2-13-14(7-11)19(28-16(13)18(22)27)3-5-25(6-4-19)10-12-8-24-15(9-23-12)17(21)26/h1-2,7-9,16H,3-6,10H2,(H2,21,26)(H2,22,27). The Morgan fingerprint density at radius 3 is 2.57 bits per heavy atom. The Morgan fingerprint density at radius 2 is 1.96 bits per heavy atom. The van der Waals surface area contributed by atoms with Crippen molar-refractivity contribution in [2.24, 2.45) is 11.5 Å². The van der Waals surface area contributed by atoms with Gasteiger partial charge in [0.1, 0.15) is 5.69 Å². The maximum absolute atomic E-state index is 11.9. The zero-order chi connectivity index (χ0) is 19.9. The third-order valence-electron chi connectivity index (χ3n) is 5.40. The second kappa shape index (κ2) is 7.12. The maximum atomic E-state index is 11.9. The van der Waals surface area contributed by atoms with E-state index in [1.54, 1.807) is 12.3 Å². The summed E-state index contributed by atoms with van der Waals surface area (Å²) in [5.41, 5.74) is 12.8. The summed E-state index contributed by atoms with van der Waals surface area (Å²) in [5.74, 6) is -1.09. The van der Waals surface area contributed by atoms with E-state index in [9.17, 15) is 9.59 Å². The molecule has 146 valence electrons. The highest BCUT2D eigenvalue weighted by atomic mass is 35.5. The molecule has 1 atom stereocenters. The summed E-state index contributed by atoms with van der Waals surface area (Å²) >= 11 is 6.19. The number of nitrogens with zero attached hydrogens (tertiary/aromatic N) is 3. The average molecular weight is 402 g/mol. The van der Waals surface area contributed by atoms with Gasteiger partial charge in [0.15, 0.2) is 6.10 Å². The predicted octanol–water partition coefficient (Wildman–Crippen LogP) is 1.28. The molecule has 1 saturated heterocycles. The third kappa shape index (κ3) is 3.34. The number of carbonyl (C=O) groups excluding carboxylic acids is 2. The normalized spacial score (nSPS) is 20.8. The van der Waals surface area contributed by atoms with E-state index in [-0.39, 0.29) is 5.69 Å². The number of piperidine rings is 1. The Kier molecular flexibility index (Phi) is 4.78. The van der Waals surface area contributed by atoms with E-state index in [1.807, 2.05) is 12.1 Å². The molecule has 9 heteroatoms. The van der Waals surface area contributed by atoms with Gasteiger partial charge < -0.3 is 16.2 Å². The largest absolute Gasteiger partial charge is 0.367 e. The SMILES string of the molecule is NC(=O)c1cnc(CN2CCC3(CC2)OC(C(N)=O)c2ccc(Cl)cc23)cn1. The van der Waals surface area contributed by atoms with E-state index >= 15 is 0 Å². The van der Waals surface area contributed by atoms with Gasteiger partial charge in [-0.1, -0.05) is 17.7 Å². The van der Waals surface area contributed by atoms with Crippen molar-refractivity contribution in [3.05, 3.63) is 58.1 Å². The minimum absolute atomic E-state index is 0.145. The van der Waals surface area contributed by atoms with Crippen LogP contribution in [0.15, 0.2) is 30.6 Å². The van der Waals surface area contributed by atoms with Crippen LogP contribution >= 0.6 is 11.6 Å². The number of aromatic nitrogens is 2. The number of rotatable bonds is 4. The lowest BCUT2D eigenvalue weighted by Crippen LogP contribution is -2.42. The van der Waals surface area contributed by atoms with Gasteiger partial charge in [-0.3, -0.25) is 19.5 Å². The van der Waals surface area contributed by atoms with Gasteiger partial charge in [-0.25, -0.2) is 4.98 Å². The summed E-state index contributed by atoms with van der Waals surface area (Å²) in [7, 11) is 0. The first-order chi connectivity index (χ1) is 13.4. The van der Waals surface area contributed by atoms with Gasteiger partial charge in [0.2, 0.25) is 0 Å². The molecule has 1 fully saturated rings. The molecule has 1 aromatic heterocycles. The molecule has 0 aliphatic carbocycles. The zero-order valence-electron chi connectivity index (χ0n) is 15.1. The van der Waals surface area contributed by atoms with Crippen LogP contribution in [0.1, 0.15) is 46.3 Å². The van der Waals surface area contributed by atoms with Crippen molar-refractivity contribution in [2.75, 3.05) is 13.1 Å². The van der Waals surface area contributed by atoms with Crippen molar-refractivity contribution in [3.8, 4) is 0 Å². The van der Waals surface area contributed by atoms with E-state index in [0.717, 1.165) is 29.9 Å². The number of amides is 2. The van der Waals surface area contributed by atoms with Gasteiger partial charge in [-0.15, -0.1) is 0 Å². The quantitative estimate of drug-likeness (QED) is 0.795. The zero-order valence-corrected chi connectivity index (χ0v) is 15.9. The van der Waals surface area contributed by atoms with Gasteiger partial charge in [-0.2, -0.15) is 0 Å². The van der Waals surface area contributed by atoms with Gasteiger partial charge in [-0.05, 0) is 36.1 Å². The molecule has 0 bridgehead atoms. The van der Waals surface area contributed by atoms with Crippen LogP contribution in [0.2, 0.25) is 5.02 Å². The van der Waals surface area contributed by atoms with Crippen molar-refractivity contribution >= 4 is 23.4 Å². The Bertz CT molecular complexity index is 926. The maximum Gasteiger partial charge on any atom is 0.268 e. The third-order valence-corrected chi connectivity index (χ3v) is 5.63. The monoisotopic (exact) mass is 401 g/mol. The molecule has 28 heavy (non-hydrogen) atoms. The van der Waals surface area contributed by atoms with Crippen LogP contribution in [-0.4, -0.2) is 39.8 Å². The second-order valence-electron chi connectivity index (χ2n) is 7.16. The number of ether oxygens (including phenoxy) is 1. The molecule has 2 aliphatic heterocycles. The Labute approximate surface area is 166 Å². The van der Waals surface area contributed by atoms with Crippen molar-refractivity contribution < 1.29 is 14.3 Å². The first kappa shape index (κ1) is 18.8. The molecule has 1 aromatic carbocycles. The van der Waals surface area contributed by atoms with Gasteiger partial charge in [0.05, 0.1) is 23.7 Å². The van der Waals surface area contributed by atoms with Crippen LogP contribution < -0.4 is 11.5 Å². The Hall–Kier alpha value is -2.55. The number of benzene rings is 1. The van der Waals surface area contributed by atoms with Crippen LogP contribution in [0.3, 0.4) is 0 Å². The molecule has 8 nitrogen and oxygen atoms in total. The minimum Gasteiger partial charge on any atom is -0.367 e. The number of halogens is 1. The molecule has 0 saturated carbocycles. The van der Waals surface area contributed by atoms with Crippen molar-refractivity contribution in [3.63, 3.8) is 0 Å². The summed E-state index contributed by atoms with van der Waals surface area (Å²) in [6.07, 6.45) is 3.62. The summed E-state index contributed by atoms with van der Waals surface area (Å²) in [6.45, 7) is 2.09. The van der Waals surface area contributed by atoms with E-state index in [1.165, 1.54) is 6.20 Å². The minimum atomic E-state index is -0.744. The number of fused-ring (bicyclic) bond motifs is 2. The van der Waals surface area contributed by atoms with Crippen LogP contribution in [-0.2, 0) is 21.7 Å². The molecule has 1 spiro atoms. The highest BCUT2D eigenvalue weighted by molar-refractivity contribution is 6.30. The molecular weight excluding hydrogens is 382 g/mol. The van der Waals surface area contributed by atoms with Crippen molar-refractivity contribution in [2.45, 2.75) is 31.1 Å². The molecule has 1 unspecified atom stereocenters. The predicted molar refractivity (Wildman–Crippen MR) is 101 cm³/mol. The molecule has 2 aliphatic rings. The fourth-order valence-electron chi connectivity index (χ4n) is 3.97. The van der Waals surface area contributed by atoms with Crippen molar-refractivity contribution in [1.82, 2.24) is 14.9 Å². The first-order valence-electron chi connectivity index (χ1n) is 8.98. The number of primary amides is 2. The molecule has 3 heterocycles. The summed E-state index contributed by atoms with van der Waals surface area (Å²) in [4.78, 5) is 33.5. The van der Waals surface area contributed by atoms with Crippen LogP contribution in [0.5, 0.6) is 0 Å². The molecule has 4 rings (SSSR count). The summed E-state index contributed by atoms with van der Waals surface area (Å²) < 4.78 is 6.18. The number of hydrogen-bond donors (Lipinski definition) is 2. The van der Waals surface area contributed by atoms with Gasteiger partial charge >= 0.3 is 0 Å². The fraction of sp³-hybridized carbons (Fsp3) is 0.368. The van der Waals surface area contributed by atoms with Crippen molar-refractivity contribution in [1.29, 1.82) is 0 Å². The van der Waals surface area contributed by atoms with E-state index in [0.29, 0.717) is 24.4 Å². The Balaban J connectivity index is 1.48. The number of hydrogen-bond acceptors (Lipinski definition) is 6. The lowest BCUT2D eigenvalue weighted by Gasteiger charge is -2.39. The number of nitrogens with two attached hydrogens (primary N) is 2. The van der Waals surface area contributed by atoms with E-state index < -0.39 is 23.5 Å². The summed E-state index contributed by atoms with van der Waals surface area (Å²) in [6, 6.07) is 5.45. The van der Waals surface area contributed by atoms with Crippen LogP contribution in [0, 0.1) is 0 Å². The highest BCUT2D eigenvalue weighted by Crippen LogP contribution is 2.50. The van der Waals surface area contributed by atoms with Crippen LogP contribution in [0.4, 0.5) is 0 Å². The summed E-state index contributed by atoms with van der Waals surface area (Å²) in [5, 5.41) is 0.610. The molecule has 2 amide bonds. The second-order valence-corrected chi connectivity index (χ2v) is 7.60. The lowest BCUT2D eigenvalue weighted by atomic mass is 9.83. The molecule has 0 radical (unpaired) electrons. The fourth-order valence-corrected chi connectivity index (χ4v) is 4.14. The van der Waals surface area contributed by atoms with E-state index in [4.69, 9.17) is 27.8 Å². The molecule has 4 N–H and O–H groups in total.